The van der Waals surface area contributed by atoms with Crippen molar-refractivity contribution in [1.29, 1.82) is 0 Å². The molecule has 1 aromatic carbocycles. The van der Waals surface area contributed by atoms with Crippen molar-refractivity contribution in [2.24, 2.45) is 5.92 Å². The van der Waals surface area contributed by atoms with Gasteiger partial charge in [0.15, 0.2) is 0 Å². The van der Waals surface area contributed by atoms with Gasteiger partial charge in [-0.2, -0.15) is 0 Å². The van der Waals surface area contributed by atoms with E-state index in [1.807, 2.05) is 0 Å². The minimum absolute atomic E-state index is 0.303. The second kappa shape index (κ2) is 8.37. The lowest BCUT2D eigenvalue weighted by Gasteiger charge is -2.23. The van der Waals surface area contributed by atoms with Crippen molar-refractivity contribution in [1.82, 2.24) is 5.32 Å². The molecule has 1 unspecified atom stereocenters. The first-order chi connectivity index (χ1) is 10.2. The molecule has 0 spiro atoms. The fraction of sp³-hybridized carbons (Fsp3) is 0.647. The molecule has 0 saturated carbocycles. The van der Waals surface area contributed by atoms with E-state index < -0.39 is 0 Å². The van der Waals surface area contributed by atoms with E-state index in [1.165, 1.54) is 23.2 Å². The number of hydrogen-bond donors (Lipinski definition) is 2. The molecule has 0 aliphatic carbocycles. The summed E-state index contributed by atoms with van der Waals surface area (Å²) in [5.74, 6) is 0.630. The average Bonchev–Trinajstić information content (AvgIpc) is 2.93. The van der Waals surface area contributed by atoms with Crippen molar-refractivity contribution in [2.45, 2.75) is 26.3 Å². The molecule has 0 aromatic heterocycles. The number of ether oxygens (including phenoxy) is 1. The number of aryl methyl sites for hydroxylation is 1. The maximum Gasteiger partial charge on any atom is 0.0587 e. The molecule has 2 N–H and O–H groups in total. The van der Waals surface area contributed by atoms with E-state index in [4.69, 9.17) is 9.84 Å². The van der Waals surface area contributed by atoms with Crippen LogP contribution < -0.4 is 10.2 Å². The Balaban J connectivity index is 2.01. The zero-order valence-corrected chi connectivity index (χ0v) is 13.3. The summed E-state index contributed by atoms with van der Waals surface area (Å²) in [7, 11) is 1.73. The normalized spacial score (nSPS) is 18.4. The van der Waals surface area contributed by atoms with Crippen LogP contribution in [0.25, 0.3) is 0 Å². The molecule has 1 saturated heterocycles. The van der Waals surface area contributed by atoms with Crippen LogP contribution in [0.3, 0.4) is 0 Å². The van der Waals surface area contributed by atoms with E-state index in [2.05, 4.69) is 35.3 Å². The molecule has 1 heterocycles. The summed E-state index contributed by atoms with van der Waals surface area (Å²) >= 11 is 0. The maximum absolute atomic E-state index is 9.10. The van der Waals surface area contributed by atoms with Gasteiger partial charge < -0.3 is 20.1 Å². The monoisotopic (exact) mass is 292 g/mol. The summed E-state index contributed by atoms with van der Waals surface area (Å²) in [5.41, 5.74) is 4.00. The Labute approximate surface area is 128 Å². The molecule has 0 amide bonds. The number of rotatable bonds is 8. The third-order valence-electron chi connectivity index (χ3n) is 4.20. The van der Waals surface area contributed by atoms with Gasteiger partial charge in [0.2, 0.25) is 0 Å². The summed E-state index contributed by atoms with van der Waals surface area (Å²) in [5, 5.41) is 12.5. The van der Waals surface area contributed by atoms with Gasteiger partial charge in [-0.05, 0) is 37.3 Å². The third kappa shape index (κ3) is 4.70. The van der Waals surface area contributed by atoms with Crippen LogP contribution >= 0.6 is 0 Å². The number of nitrogens with one attached hydrogen (secondary N) is 1. The fourth-order valence-electron chi connectivity index (χ4n) is 3.03. The maximum atomic E-state index is 9.10. The second-order valence-corrected chi connectivity index (χ2v) is 5.91. The molecule has 4 heteroatoms. The first-order valence-electron chi connectivity index (χ1n) is 7.89. The van der Waals surface area contributed by atoms with Crippen LogP contribution in [-0.2, 0) is 11.3 Å². The van der Waals surface area contributed by atoms with Crippen LogP contribution in [0.5, 0.6) is 0 Å². The van der Waals surface area contributed by atoms with Gasteiger partial charge in [0.05, 0.1) is 6.61 Å². The van der Waals surface area contributed by atoms with Crippen molar-refractivity contribution in [2.75, 3.05) is 44.9 Å². The smallest absolute Gasteiger partial charge is 0.0587 e. The SMILES string of the molecule is COCCNCc1cc(C)ccc1N1CCC(CCO)C1. The Morgan fingerprint density at radius 2 is 2.29 bits per heavy atom. The van der Waals surface area contributed by atoms with Gasteiger partial charge in [-0.15, -0.1) is 0 Å². The molecule has 21 heavy (non-hydrogen) atoms. The topological polar surface area (TPSA) is 44.7 Å². The van der Waals surface area contributed by atoms with Crippen molar-refractivity contribution < 1.29 is 9.84 Å². The number of aliphatic hydroxyl groups excluding tert-OH is 1. The lowest BCUT2D eigenvalue weighted by atomic mass is 10.1. The zero-order chi connectivity index (χ0) is 15.1. The molecule has 4 nitrogen and oxygen atoms in total. The number of aliphatic hydroxyl groups is 1. The summed E-state index contributed by atoms with van der Waals surface area (Å²) in [6, 6.07) is 6.70. The van der Waals surface area contributed by atoms with Crippen molar-refractivity contribution in [3.63, 3.8) is 0 Å². The average molecular weight is 292 g/mol. The van der Waals surface area contributed by atoms with Gasteiger partial charge in [-0.3, -0.25) is 0 Å². The van der Waals surface area contributed by atoms with Gasteiger partial charge in [0, 0.05) is 45.6 Å². The molecular weight excluding hydrogens is 264 g/mol. The van der Waals surface area contributed by atoms with E-state index >= 15 is 0 Å². The van der Waals surface area contributed by atoms with Crippen LogP contribution in [0, 0.1) is 12.8 Å². The minimum atomic E-state index is 0.303. The molecule has 0 bridgehead atoms. The predicted molar refractivity (Wildman–Crippen MR) is 86.8 cm³/mol. The summed E-state index contributed by atoms with van der Waals surface area (Å²) in [6.45, 7) is 7.09. The van der Waals surface area contributed by atoms with Crippen LogP contribution in [-0.4, -0.2) is 45.1 Å². The molecule has 1 atom stereocenters. The van der Waals surface area contributed by atoms with Crippen LogP contribution in [0.15, 0.2) is 18.2 Å². The Hall–Kier alpha value is -1.10. The standard InChI is InChI=1S/C17H28N2O2/c1-14-3-4-17(16(11-14)12-18-7-10-21-2)19-8-5-15(13-19)6-9-20/h3-4,11,15,18,20H,5-10,12-13H2,1-2H3. The van der Waals surface area contributed by atoms with E-state index in [1.54, 1.807) is 7.11 Å². The van der Waals surface area contributed by atoms with E-state index in [-0.39, 0.29) is 0 Å². The van der Waals surface area contributed by atoms with Crippen LogP contribution in [0.1, 0.15) is 24.0 Å². The molecule has 118 valence electrons. The van der Waals surface area contributed by atoms with E-state index in [0.717, 1.165) is 39.2 Å². The summed E-state index contributed by atoms with van der Waals surface area (Å²) in [4.78, 5) is 2.47. The number of nitrogens with zero attached hydrogens (tertiary/aromatic N) is 1. The Morgan fingerprint density at radius 1 is 1.43 bits per heavy atom. The van der Waals surface area contributed by atoms with Gasteiger partial charge in [0.1, 0.15) is 0 Å². The van der Waals surface area contributed by atoms with Crippen LogP contribution in [0.2, 0.25) is 0 Å². The van der Waals surface area contributed by atoms with Gasteiger partial charge in [-0.1, -0.05) is 17.7 Å². The van der Waals surface area contributed by atoms with Crippen LogP contribution in [0.4, 0.5) is 5.69 Å². The van der Waals surface area contributed by atoms with Gasteiger partial charge in [0.25, 0.3) is 0 Å². The highest BCUT2D eigenvalue weighted by Crippen LogP contribution is 2.29. The first kappa shape index (κ1) is 16.3. The second-order valence-electron chi connectivity index (χ2n) is 5.91. The first-order valence-corrected chi connectivity index (χ1v) is 7.89. The van der Waals surface area contributed by atoms with Crippen molar-refractivity contribution in [3.8, 4) is 0 Å². The predicted octanol–water partition coefficient (Wildman–Crippen LogP) is 1.94. The highest BCUT2D eigenvalue weighted by Gasteiger charge is 2.23. The molecule has 1 aliphatic heterocycles. The molecular formula is C17H28N2O2. The largest absolute Gasteiger partial charge is 0.396 e. The number of hydrogen-bond acceptors (Lipinski definition) is 4. The minimum Gasteiger partial charge on any atom is -0.396 e. The Kier molecular flexibility index (Phi) is 6.49. The Bertz CT molecular complexity index is 437. The summed E-state index contributed by atoms with van der Waals surface area (Å²) in [6.07, 6.45) is 2.11. The highest BCUT2D eigenvalue weighted by atomic mass is 16.5. The third-order valence-corrected chi connectivity index (χ3v) is 4.20. The lowest BCUT2D eigenvalue weighted by Crippen LogP contribution is -2.24. The number of anilines is 1. The highest BCUT2D eigenvalue weighted by molar-refractivity contribution is 5.55. The fourth-order valence-corrected chi connectivity index (χ4v) is 3.03. The Morgan fingerprint density at radius 3 is 3.05 bits per heavy atom. The van der Waals surface area contributed by atoms with Gasteiger partial charge >= 0.3 is 0 Å². The molecule has 1 fully saturated rings. The van der Waals surface area contributed by atoms with E-state index in [9.17, 15) is 0 Å². The summed E-state index contributed by atoms with van der Waals surface area (Å²) < 4.78 is 5.08. The number of benzene rings is 1. The molecule has 1 aromatic rings. The quantitative estimate of drug-likeness (QED) is 0.719. The zero-order valence-electron chi connectivity index (χ0n) is 13.3. The molecule has 1 aliphatic rings. The lowest BCUT2D eigenvalue weighted by molar-refractivity contribution is 0.199. The molecule has 2 rings (SSSR count). The van der Waals surface area contributed by atoms with Crippen molar-refractivity contribution >= 4 is 5.69 Å². The number of methoxy groups -OCH3 is 1. The molecule has 0 radical (unpaired) electrons. The van der Waals surface area contributed by atoms with Gasteiger partial charge in [-0.25, -0.2) is 0 Å². The van der Waals surface area contributed by atoms with Crippen molar-refractivity contribution in [3.05, 3.63) is 29.3 Å². The van der Waals surface area contributed by atoms with E-state index in [0.29, 0.717) is 12.5 Å².